The third kappa shape index (κ3) is 4.53. The number of nitrogens with two attached hydrogens (primary N) is 1. The highest BCUT2D eigenvalue weighted by molar-refractivity contribution is 6.04. The van der Waals surface area contributed by atoms with Crippen LogP contribution >= 0.6 is 0 Å². The largest absolute Gasteiger partial charge is 0.381 e. The van der Waals surface area contributed by atoms with Crippen molar-refractivity contribution in [1.82, 2.24) is 39.9 Å². The third-order valence-electron chi connectivity index (χ3n) is 6.40. The number of nitrogen functional groups attached to an aromatic ring is 1. The molecule has 0 saturated heterocycles. The van der Waals surface area contributed by atoms with E-state index in [1.807, 2.05) is 68.7 Å². The van der Waals surface area contributed by atoms with Gasteiger partial charge >= 0.3 is 0 Å². The summed E-state index contributed by atoms with van der Waals surface area (Å²) in [6, 6.07) is 17.1. The number of anilines is 1. The molecular weight excluding hydrogens is 490 g/mol. The average Bonchev–Trinajstić information content (AvgIpc) is 3.52. The van der Waals surface area contributed by atoms with Crippen LogP contribution in [0.5, 0.6) is 0 Å². The molecule has 4 aromatic heterocycles. The number of nitrogens with zero attached hydrogens (tertiary/aromatic N) is 7. The van der Waals surface area contributed by atoms with Crippen LogP contribution in [0.15, 0.2) is 79.4 Å². The predicted molar refractivity (Wildman–Crippen MR) is 147 cm³/mol. The predicted octanol–water partition coefficient (Wildman–Crippen LogP) is 3.55. The Morgan fingerprint density at radius 1 is 1.05 bits per heavy atom. The van der Waals surface area contributed by atoms with E-state index in [1.165, 1.54) is 4.52 Å². The molecule has 1 amide bonds. The molecule has 0 aliphatic carbocycles. The monoisotopic (exact) mass is 513 g/mol. The van der Waals surface area contributed by atoms with Crippen molar-refractivity contribution in [2.45, 2.75) is 13.0 Å². The maximum Gasteiger partial charge on any atom is 0.259 e. The lowest BCUT2D eigenvalue weighted by Crippen LogP contribution is -2.27. The summed E-state index contributed by atoms with van der Waals surface area (Å²) in [7, 11) is 1.85. The summed E-state index contributed by atoms with van der Waals surface area (Å²) < 4.78 is 3.20. The van der Waals surface area contributed by atoms with Gasteiger partial charge in [-0.05, 0) is 53.8 Å². The standard InChI is InChI=1S/C29H23N9O/c1-18(33-29(39)26-27(30)36-38-13-6-12-31-28(26)38)22-16-25-24(15-23(22)19-7-4-3-5-8-19)20(17-32-34-25)9-10-21-11-14-37(2)35-21/h3-8,11-18H,1-2H3,(H2,30,36)(H,33,39)/t18-/m0/s1. The van der Waals surface area contributed by atoms with Crippen molar-refractivity contribution >= 4 is 28.3 Å². The molecule has 6 aromatic rings. The molecule has 0 unspecified atom stereocenters. The minimum atomic E-state index is -0.403. The van der Waals surface area contributed by atoms with E-state index in [1.54, 1.807) is 29.3 Å². The van der Waals surface area contributed by atoms with Crippen molar-refractivity contribution < 1.29 is 4.79 Å². The van der Waals surface area contributed by atoms with Crippen LogP contribution in [-0.2, 0) is 7.05 Å². The Hall–Kier alpha value is -5.56. The molecule has 190 valence electrons. The highest BCUT2D eigenvalue weighted by Crippen LogP contribution is 2.33. The van der Waals surface area contributed by atoms with Gasteiger partial charge in [-0.1, -0.05) is 36.3 Å². The second kappa shape index (κ2) is 9.72. The van der Waals surface area contributed by atoms with Crippen LogP contribution in [0.3, 0.4) is 0 Å². The average molecular weight is 514 g/mol. The minimum Gasteiger partial charge on any atom is -0.381 e. The maximum absolute atomic E-state index is 13.4. The van der Waals surface area contributed by atoms with E-state index in [0.717, 1.165) is 27.6 Å². The van der Waals surface area contributed by atoms with Crippen molar-refractivity contribution in [3.63, 3.8) is 0 Å². The molecule has 10 heteroatoms. The van der Waals surface area contributed by atoms with Crippen LogP contribution in [0.1, 0.15) is 40.1 Å². The van der Waals surface area contributed by atoms with Gasteiger partial charge in [0.25, 0.3) is 5.91 Å². The summed E-state index contributed by atoms with van der Waals surface area (Å²) in [5.74, 6) is 6.04. The van der Waals surface area contributed by atoms with Gasteiger partial charge in [-0.15, -0.1) is 5.10 Å². The molecule has 6 rings (SSSR count). The summed E-state index contributed by atoms with van der Waals surface area (Å²) in [6.07, 6.45) is 6.79. The molecule has 0 spiro atoms. The summed E-state index contributed by atoms with van der Waals surface area (Å²) in [5.41, 5.74) is 11.6. The number of nitrogens with one attached hydrogen (secondary N) is 1. The van der Waals surface area contributed by atoms with Crippen molar-refractivity contribution in [2.75, 3.05) is 5.73 Å². The minimum absolute atomic E-state index is 0.113. The van der Waals surface area contributed by atoms with Crippen LogP contribution in [0.25, 0.3) is 27.7 Å². The molecule has 10 nitrogen and oxygen atoms in total. The molecule has 0 aliphatic heterocycles. The van der Waals surface area contributed by atoms with Gasteiger partial charge < -0.3 is 11.1 Å². The van der Waals surface area contributed by atoms with Crippen LogP contribution in [-0.4, -0.2) is 40.5 Å². The number of benzene rings is 2. The molecule has 0 fully saturated rings. The number of amides is 1. The zero-order valence-corrected chi connectivity index (χ0v) is 21.2. The van der Waals surface area contributed by atoms with Gasteiger partial charge in [0.15, 0.2) is 11.5 Å². The number of hydrogen-bond donors (Lipinski definition) is 2. The number of fused-ring (bicyclic) bond motifs is 2. The quantitative estimate of drug-likeness (QED) is 0.345. The van der Waals surface area contributed by atoms with E-state index < -0.39 is 6.04 Å². The van der Waals surface area contributed by atoms with Gasteiger partial charge in [0, 0.05) is 31.0 Å². The highest BCUT2D eigenvalue weighted by atomic mass is 16.1. The van der Waals surface area contributed by atoms with Crippen molar-refractivity contribution in [1.29, 1.82) is 0 Å². The number of aromatic nitrogens is 7. The second-order valence-electron chi connectivity index (χ2n) is 9.05. The Morgan fingerprint density at radius 3 is 2.69 bits per heavy atom. The Bertz CT molecular complexity index is 1910. The van der Waals surface area contributed by atoms with Gasteiger partial charge in [-0.2, -0.15) is 15.3 Å². The number of hydrogen-bond acceptors (Lipinski definition) is 7. The first-order valence-electron chi connectivity index (χ1n) is 12.2. The summed E-state index contributed by atoms with van der Waals surface area (Å²) in [4.78, 5) is 17.7. The fourth-order valence-electron chi connectivity index (χ4n) is 4.53. The first-order chi connectivity index (χ1) is 19.0. The van der Waals surface area contributed by atoms with Crippen LogP contribution in [0, 0.1) is 11.8 Å². The zero-order valence-electron chi connectivity index (χ0n) is 21.2. The zero-order chi connectivity index (χ0) is 26.9. The van der Waals surface area contributed by atoms with E-state index in [4.69, 9.17) is 5.73 Å². The topological polar surface area (TPSA) is 129 Å². The van der Waals surface area contributed by atoms with E-state index in [9.17, 15) is 4.79 Å². The van der Waals surface area contributed by atoms with Gasteiger partial charge in [0.2, 0.25) is 0 Å². The SMILES string of the molecule is C[C@H](NC(=O)c1c(N)nn2cccnc12)c1cc2nncc(C#Cc3ccn(C)n3)c2cc1-c1ccccc1. The van der Waals surface area contributed by atoms with Crippen molar-refractivity contribution in [3.05, 3.63) is 102 Å². The highest BCUT2D eigenvalue weighted by Gasteiger charge is 2.23. The molecular formula is C29H23N9O. The van der Waals surface area contributed by atoms with E-state index >= 15 is 0 Å². The lowest BCUT2D eigenvalue weighted by Gasteiger charge is -2.19. The second-order valence-corrected chi connectivity index (χ2v) is 9.05. The van der Waals surface area contributed by atoms with Crippen LogP contribution in [0.2, 0.25) is 0 Å². The lowest BCUT2D eigenvalue weighted by molar-refractivity contribution is 0.0942. The smallest absolute Gasteiger partial charge is 0.259 e. The fourth-order valence-corrected chi connectivity index (χ4v) is 4.53. The van der Waals surface area contributed by atoms with Gasteiger partial charge in [0.05, 0.1) is 23.3 Å². The van der Waals surface area contributed by atoms with Gasteiger partial charge in [-0.3, -0.25) is 9.48 Å². The first-order valence-corrected chi connectivity index (χ1v) is 12.2. The van der Waals surface area contributed by atoms with E-state index in [0.29, 0.717) is 16.9 Å². The normalized spacial score (nSPS) is 11.7. The van der Waals surface area contributed by atoms with Crippen molar-refractivity contribution in [2.24, 2.45) is 7.05 Å². The number of carbonyl (C=O) groups is 1. The Balaban J connectivity index is 1.43. The van der Waals surface area contributed by atoms with Crippen molar-refractivity contribution in [3.8, 4) is 23.0 Å². The third-order valence-corrected chi connectivity index (χ3v) is 6.40. The fraction of sp³-hybridized carbons (Fsp3) is 0.103. The lowest BCUT2D eigenvalue weighted by atomic mass is 9.92. The Morgan fingerprint density at radius 2 is 1.90 bits per heavy atom. The molecule has 0 bridgehead atoms. The Kier molecular flexibility index (Phi) is 5.93. The summed E-state index contributed by atoms with van der Waals surface area (Å²) >= 11 is 0. The van der Waals surface area contributed by atoms with Crippen LogP contribution in [0.4, 0.5) is 5.82 Å². The summed E-state index contributed by atoms with van der Waals surface area (Å²) in [5, 5.41) is 21.0. The molecule has 4 heterocycles. The molecule has 2 aromatic carbocycles. The van der Waals surface area contributed by atoms with E-state index in [2.05, 4.69) is 42.5 Å². The first kappa shape index (κ1) is 23.8. The van der Waals surface area contributed by atoms with E-state index in [-0.39, 0.29) is 17.3 Å². The van der Waals surface area contributed by atoms with Gasteiger partial charge in [-0.25, -0.2) is 9.50 Å². The maximum atomic E-state index is 13.4. The molecule has 3 N–H and O–H groups in total. The van der Waals surface area contributed by atoms with Crippen LogP contribution < -0.4 is 11.1 Å². The molecule has 0 radical (unpaired) electrons. The Labute approximate surface area is 223 Å². The molecule has 1 atom stereocenters. The summed E-state index contributed by atoms with van der Waals surface area (Å²) in [6.45, 7) is 1.92. The number of rotatable bonds is 4. The number of aryl methyl sites for hydroxylation is 1. The van der Waals surface area contributed by atoms with Gasteiger partial charge in [0.1, 0.15) is 11.3 Å². The molecule has 39 heavy (non-hydrogen) atoms. The molecule has 0 saturated carbocycles. The molecule has 0 aliphatic rings. The number of carbonyl (C=O) groups excluding carboxylic acids is 1.